The lowest BCUT2D eigenvalue weighted by Gasteiger charge is -2.41. The van der Waals surface area contributed by atoms with Gasteiger partial charge in [0.1, 0.15) is 5.82 Å². The monoisotopic (exact) mass is 740 g/mol. The van der Waals surface area contributed by atoms with Crippen LogP contribution in [0.3, 0.4) is 0 Å². The largest absolute Gasteiger partial charge is 0.478 e. The van der Waals surface area contributed by atoms with Crippen LogP contribution in [0.2, 0.25) is 0 Å². The van der Waals surface area contributed by atoms with Crippen LogP contribution in [0, 0.1) is 11.2 Å². The van der Waals surface area contributed by atoms with Gasteiger partial charge in [-0.1, -0.05) is 150 Å². The highest BCUT2D eigenvalue weighted by molar-refractivity contribution is 6.01. The molecule has 56 heavy (non-hydrogen) atoms. The maximum atomic E-state index is 14.2. The highest BCUT2D eigenvalue weighted by Gasteiger charge is 2.38. The maximum absolute atomic E-state index is 14.2. The van der Waals surface area contributed by atoms with Crippen molar-refractivity contribution in [1.82, 2.24) is 0 Å². The van der Waals surface area contributed by atoms with Crippen molar-refractivity contribution in [3.05, 3.63) is 178 Å². The van der Waals surface area contributed by atoms with Gasteiger partial charge in [0, 0.05) is 5.56 Å². The Hall–Kier alpha value is -5.58. The number of carboxylic acid groups (broad SMARTS) is 1. The summed E-state index contributed by atoms with van der Waals surface area (Å²) in [5.74, 6) is -1.22. The summed E-state index contributed by atoms with van der Waals surface area (Å²) in [6.45, 7) is 13.9. The molecule has 6 aromatic carbocycles. The smallest absolute Gasteiger partial charge is 0.335 e. The van der Waals surface area contributed by atoms with Crippen LogP contribution in [0.4, 0.5) is 4.39 Å². The van der Waals surface area contributed by atoms with Crippen LogP contribution in [0.5, 0.6) is 0 Å². The van der Waals surface area contributed by atoms with Crippen LogP contribution in [0.15, 0.2) is 133 Å². The van der Waals surface area contributed by atoms with Gasteiger partial charge in [0.05, 0.1) is 11.7 Å². The molecule has 4 heteroatoms. The van der Waals surface area contributed by atoms with Gasteiger partial charge in [0.15, 0.2) is 0 Å². The van der Waals surface area contributed by atoms with Gasteiger partial charge in [-0.25, -0.2) is 9.18 Å². The Morgan fingerprint density at radius 2 is 1.54 bits per heavy atom. The van der Waals surface area contributed by atoms with Crippen LogP contribution in [-0.2, 0) is 17.3 Å². The molecule has 0 saturated heterocycles. The lowest BCUT2D eigenvalue weighted by Crippen LogP contribution is -2.28. The summed E-state index contributed by atoms with van der Waals surface area (Å²) in [4.78, 5) is 11.4. The number of aliphatic hydroxyl groups excluding tert-OH is 1. The molecule has 1 unspecified atom stereocenters. The third-order valence-corrected chi connectivity index (χ3v) is 12.0. The molecule has 8 rings (SSSR count). The third kappa shape index (κ3) is 6.92. The van der Waals surface area contributed by atoms with Crippen molar-refractivity contribution in [2.45, 2.75) is 77.7 Å². The molecule has 0 radical (unpaired) electrons. The molecule has 1 atom stereocenters. The Morgan fingerprint density at radius 1 is 0.839 bits per heavy atom. The predicted molar refractivity (Wildman–Crippen MR) is 230 cm³/mol. The molecule has 0 fully saturated rings. The Morgan fingerprint density at radius 3 is 2.27 bits per heavy atom. The first-order chi connectivity index (χ1) is 26.6. The van der Waals surface area contributed by atoms with Crippen molar-refractivity contribution in [3.63, 3.8) is 0 Å². The average molecular weight is 741 g/mol. The highest BCUT2D eigenvalue weighted by atomic mass is 19.1. The summed E-state index contributed by atoms with van der Waals surface area (Å²) in [6.07, 6.45) is 10.2. The molecule has 0 bridgehead atoms. The van der Waals surface area contributed by atoms with Crippen molar-refractivity contribution < 1.29 is 19.4 Å². The summed E-state index contributed by atoms with van der Waals surface area (Å²) in [7, 11) is 0. The van der Waals surface area contributed by atoms with Gasteiger partial charge in [-0.2, -0.15) is 0 Å². The molecule has 0 aliphatic heterocycles. The van der Waals surface area contributed by atoms with E-state index in [-0.39, 0.29) is 27.6 Å². The fourth-order valence-electron chi connectivity index (χ4n) is 9.35. The molecule has 0 aromatic heterocycles. The third-order valence-electron chi connectivity index (χ3n) is 12.0. The zero-order valence-electron chi connectivity index (χ0n) is 33.1. The standard InChI is InChI=1S/C52H49FO3/c1-50(2)26-25-41-38(29-50)31-52(5,6)48-44(41)23-17-35-27-36(28-37(46(35)48)30-51(3,4)39-18-20-40(53)21-19-39)43-22-16-33-9-7-8-10-42(33)47(43)45(54)24-13-32-11-14-34(15-12-32)49(55)56/h7-28,45,54H,29-31H2,1-6H3,(H,55,56). The van der Waals surface area contributed by atoms with Crippen molar-refractivity contribution in [1.29, 1.82) is 0 Å². The molecule has 0 amide bonds. The number of carboxylic acids is 1. The number of fused-ring (bicyclic) bond motifs is 5. The van der Waals surface area contributed by atoms with Crippen molar-refractivity contribution in [3.8, 4) is 11.1 Å². The van der Waals surface area contributed by atoms with E-state index in [0.717, 1.165) is 63.2 Å². The molecule has 2 aliphatic carbocycles. The van der Waals surface area contributed by atoms with Crippen LogP contribution < -0.4 is 0 Å². The normalized spacial score (nSPS) is 16.6. The van der Waals surface area contributed by atoms with E-state index < -0.39 is 12.1 Å². The number of aliphatic hydroxyl groups is 1. The van der Waals surface area contributed by atoms with E-state index >= 15 is 0 Å². The van der Waals surface area contributed by atoms with Gasteiger partial charge < -0.3 is 10.2 Å². The van der Waals surface area contributed by atoms with Gasteiger partial charge >= 0.3 is 5.97 Å². The first-order valence-electron chi connectivity index (χ1n) is 19.6. The van der Waals surface area contributed by atoms with E-state index in [1.165, 1.54) is 33.2 Å². The molecule has 2 N–H and O–H groups in total. The number of halogens is 1. The molecule has 0 saturated carbocycles. The zero-order chi connectivity index (χ0) is 39.6. The quantitative estimate of drug-likeness (QED) is 0.163. The fraction of sp³-hybridized carbons (Fsp3) is 0.250. The number of carbonyl (C=O) groups is 1. The maximum Gasteiger partial charge on any atom is 0.335 e. The Balaban J connectivity index is 1.34. The van der Waals surface area contributed by atoms with E-state index in [1.54, 1.807) is 42.5 Å². The molecule has 6 aromatic rings. The summed E-state index contributed by atoms with van der Waals surface area (Å²) >= 11 is 0. The number of hydrogen-bond acceptors (Lipinski definition) is 2. The van der Waals surface area contributed by atoms with E-state index in [9.17, 15) is 19.4 Å². The van der Waals surface area contributed by atoms with Gasteiger partial charge in [0.25, 0.3) is 0 Å². The minimum atomic E-state index is -0.974. The number of rotatable bonds is 8. The van der Waals surface area contributed by atoms with Gasteiger partial charge in [-0.05, 0) is 132 Å². The van der Waals surface area contributed by atoms with Crippen LogP contribution in [-0.4, -0.2) is 16.2 Å². The Labute approximate surface area is 329 Å². The van der Waals surface area contributed by atoms with Gasteiger partial charge in [-0.3, -0.25) is 0 Å². The minimum Gasteiger partial charge on any atom is -0.478 e. The van der Waals surface area contributed by atoms with Gasteiger partial charge in [0.2, 0.25) is 0 Å². The Bertz CT molecular complexity index is 2620. The lowest BCUT2D eigenvalue weighted by molar-refractivity contribution is 0.0697. The summed E-state index contributed by atoms with van der Waals surface area (Å²) in [6, 6.07) is 35.2. The number of hydrogen-bond donors (Lipinski definition) is 2. The predicted octanol–water partition coefficient (Wildman–Crippen LogP) is 13.2. The molecule has 0 spiro atoms. The van der Waals surface area contributed by atoms with E-state index in [2.05, 4.69) is 102 Å². The SMILES string of the molecule is CC1(C)C=CC2=C(C1)CC(C)(C)c1c2ccc2cc(-c3ccc4ccccc4c3C(O)C=Cc3ccc(C(=O)O)cc3)cc(CC(C)(C)c3ccc(F)cc3)c12. The minimum absolute atomic E-state index is 0.108. The first kappa shape index (κ1) is 37.3. The summed E-state index contributed by atoms with van der Waals surface area (Å²) in [5, 5.41) is 25.9. The van der Waals surface area contributed by atoms with Crippen LogP contribution in [0.1, 0.15) is 104 Å². The van der Waals surface area contributed by atoms with E-state index in [1.807, 2.05) is 30.3 Å². The second-order valence-electron chi connectivity index (χ2n) is 17.8. The van der Waals surface area contributed by atoms with Crippen LogP contribution >= 0.6 is 0 Å². The molecule has 282 valence electrons. The first-order valence-corrected chi connectivity index (χ1v) is 19.6. The number of benzene rings is 6. The Kier molecular flexibility index (Phi) is 9.25. The number of aromatic carboxylic acids is 1. The average Bonchev–Trinajstić information content (AvgIpc) is 3.15. The van der Waals surface area contributed by atoms with E-state index in [4.69, 9.17) is 0 Å². The molecular formula is C52H49FO3. The highest BCUT2D eigenvalue weighted by Crippen LogP contribution is 2.52. The molecule has 2 aliphatic rings. The zero-order valence-corrected chi connectivity index (χ0v) is 33.1. The summed E-state index contributed by atoms with van der Waals surface area (Å²) < 4.78 is 14.2. The lowest BCUT2D eigenvalue weighted by atomic mass is 9.63. The number of allylic oxidation sites excluding steroid dienone is 4. The van der Waals surface area contributed by atoms with Crippen molar-refractivity contribution in [2.75, 3.05) is 0 Å². The second-order valence-corrected chi connectivity index (χ2v) is 17.8. The molecule has 0 heterocycles. The van der Waals surface area contributed by atoms with Crippen molar-refractivity contribution in [2.24, 2.45) is 5.41 Å². The topological polar surface area (TPSA) is 57.5 Å². The van der Waals surface area contributed by atoms with Gasteiger partial charge in [-0.15, -0.1) is 0 Å². The molecular weight excluding hydrogens is 692 g/mol. The second kappa shape index (κ2) is 13.9. The fourth-order valence-corrected chi connectivity index (χ4v) is 9.35. The van der Waals surface area contributed by atoms with E-state index in [0.29, 0.717) is 0 Å². The summed E-state index contributed by atoms with van der Waals surface area (Å²) in [5.41, 5.74) is 11.4. The van der Waals surface area contributed by atoms with Crippen molar-refractivity contribution >= 4 is 39.2 Å². The van der Waals surface area contributed by atoms with Crippen LogP contribution in [0.25, 0.3) is 44.3 Å². The molecule has 3 nitrogen and oxygen atoms in total.